The van der Waals surface area contributed by atoms with Crippen molar-refractivity contribution in [3.8, 4) is 22.8 Å². The van der Waals surface area contributed by atoms with Gasteiger partial charge in [-0.15, -0.1) is 0 Å². The van der Waals surface area contributed by atoms with E-state index in [2.05, 4.69) is 4.98 Å². The second kappa shape index (κ2) is 7.46. The van der Waals surface area contributed by atoms with Gasteiger partial charge in [-0.05, 0) is 36.4 Å². The third-order valence-corrected chi connectivity index (χ3v) is 6.31. The molecule has 2 heterocycles. The van der Waals surface area contributed by atoms with Crippen LogP contribution in [0, 0.1) is 0 Å². The van der Waals surface area contributed by atoms with Gasteiger partial charge in [-0.2, -0.15) is 4.31 Å². The Kier molecular flexibility index (Phi) is 5.01. The number of benzene rings is 2. The highest BCUT2D eigenvalue weighted by molar-refractivity contribution is 7.89. The summed E-state index contributed by atoms with van der Waals surface area (Å²) in [6.07, 6.45) is 1.56. The fourth-order valence-electron chi connectivity index (χ4n) is 2.77. The fourth-order valence-corrected chi connectivity index (χ4v) is 4.03. The van der Waals surface area contributed by atoms with Gasteiger partial charge in [0.05, 0.1) is 17.6 Å². The molecule has 4 rings (SSSR count). The van der Waals surface area contributed by atoms with Gasteiger partial charge in [-0.1, -0.05) is 11.6 Å². The predicted molar refractivity (Wildman–Crippen MR) is 103 cm³/mol. The van der Waals surface area contributed by atoms with Crippen LogP contribution in [0.15, 0.2) is 58.0 Å². The van der Waals surface area contributed by atoms with Crippen LogP contribution in [0.2, 0.25) is 5.02 Å². The number of oxazole rings is 1. The number of nitrogens with zero attached hydrogens (tertiary/aromatic N) is 2. The highest BCUT2D eigenvalue weighted by Crippen LogP contribution is 2.33. The normalized spacial score (nSPS) is 13.7. The van der Waals surface area contributed by atoms with Crippen LogP contribution in [0.25, 0.3) is 11.3 Å². The van der Waals surface area contributed by atoms with Crippen LogP contribution in [-0.4, -0.2) is 38.0 Å². The number of hydrogen-bond acceptors (Lipinski definition) is 6. The molecule has 0 unspecified atom stereocenters. The first-order chi connectivity index (χ1) is 13.4. The number of aromatic nitrogens is 1. The minimum atomic E-state index is -3.75. The molecule has 0 amide bonds. The minimum absolute atomic E-state index is 0.00956. The molecule has 0 saturated heterocycles. The van der Waals surface area contributed by atoms with Gasteiger partial charge < -0.3 is 13.9 Å². The van der Waals surface area contributed by atoms with E-state index in [0.717, 1.165) is 5.56 Å². The van der Waals surface area contributed by atoms with Gasteiger partial charge in [0.2, 0.25) is 15.9 Å². The van der Waals surface area contributed by atoms with Crippen LogP contribution < -0.4 is 9.47 Å². The molecule has 0 aliphatic carbocycles. The molecule has 7 nitrogen and oxygen atoms in total. The van der Waals surface area contributed by atoms with Gasteiger partial charge in [0, 0.05) is 23.7 Å². The van der Waals surface area contributed by atoms with E-state index < -0.39 is 10.0 Å². The summed E-state index contributed by atoms with van der Waals surface area (Å²) in [5, 5.41) is 0.619. The molecule has 1 aromatic heterocycles. The van der Waals surface area contributed by atoms with Crippen molar-refractivity contribution < 1.29 is 22.3 Å². The molecule has 0 N–H and O–H groups in total. The molecule has 28 heavy (non-hydrogen) atoms. The largest absolute Gasteiger partial charge is 0.486 e. The Bertz CT molecular complexity index is 1100. The number of ether oxygens (including phenoxy) is 2. The number of rotatable bonds is 5. The number of fused-ring (bicyclic) bond motifs is 1. The number of halogens is 1. The zero-order valence-corrected chi connectivity index (χ0v) is 16.5. The van der Waals surface area contributed by atoms with E-state index in [1.807, 2.05) is 12.1 Å². The van der Waals surface area contributed by atoms with Gasteiger partial charge >= 0.3 is 0 Å². The molecule has 0 bridgehead atoms. The van der Waals surface area contributed by atoms with Crippen molar-refractivity contribution >= 4 is 21.6 Å². The summed E-state index contributed by atoms with van der Waals surface area (Å²) in [5.41, 5.74) is 0.806. The van der Waals surface area contributed by atoms with Crippen molar-refractivity contribution in [2.24, 2.45) is 0 Å². The molecule has 0 saturated carbocycles. The molecular formula is C19H17ClN2O5S. The molecule has 1 aliphatic heterocycles. The van der Waals surface area contributed by atoms with Crippen LogP contribution in [-0.2, 0) is 16.6 Å². The quantitative estimate of drug-likeness (QED) is 0.627. The number of sulfonamides is 1. The van der Waals surface area contributed by atoms with Crippen molar-refractivity contribution in [2.45, 2.75) is 11.4 Å². The summed E-state index contributed by atoms with van der Waals surface area (Å²) in [7, 11) is -2.28. The topological polar surface area (TPSA) is 81.9 Å². The maximum absolute atomic E-state index is 12.9. The molecule has 2 aromatic carbocycles. The van der Waals surface area contributed by atoms with Gasteiger partial charge in [0.1, 0.15) is 13.2 Å². The van der Waals surface area contributed by atoms with Crippen LogP contribution in [0.3, 0.4) is 0 Å². The molecule has 0 spiro atoms. The van der Waals surface area contributed by atoms with E-state index in [1.54, 1.807) is 24.4 Å². The van der Waals surface area contributed by atoms with Crippen LogP contribution in [0.1, 0.15) is 5.89 Å². The third-order valence-electron chi connectivity index (χ3n) is 4.26. The Balaban J connectivity index is 1.53. The average molecular weight is 421 g/mol. The zero-order valence-electron chi connectivity index (χ0n) is 15.0. The standard InChI is InChI=1S/C19H17ClN2O5S/c1-22(12-19-21-11-18(27-19)13-2-4-14(20)5-3-13)28(23,24)15-6-7-16-17(10-15)26-9-8-25-16/h2-7,10-11H,8-9,12H2,1H3. The molecule has 1 aliphatic rings. The Morgan fingerprint density at radius 3 is 2.54 bits per heavy atom. The monoisotopic (exact) mass is 420 g/mol. The summed E-state index contributed by atoms with van der Waals surface area (Å²) in [4.78, 5) is 4.30. The first kappa shape index (κ1) is 18.8. The van der Waals surface area contributed by atoms with Crippen molar-refractivity contribution in [2.75, 3.05) is 20.3 Å². The van der Waals surface area contributed by atoms with Gasteiger partial charge in [-0.3, -0.25) is 0 Å². The fraction of sp³-hybridized carbons (Fsp3) is 0.211. The Morgan fingerprint density at radius 1 is 1.07 bits per heavy atom. The second-order valence-electron chi connectivity index (χ2n) is 6.19. The lowest BCUT2D eigenvalue weighted by molar-refractivity contribution is 0.171. The molecule has 0 fully saturated rings. The summed E-state index contributed by atoms with van der Waals surface area (Å²) in [6.45, 7) is 0.819. The minimum Gasteiger partial charge on any atom is -0.486 e. The SMILES string of the molecule is CN(Cc1ncc(-c2ccc(Cl)cc2)o1)S(=O)(=O)c1ccc2c(c1)OCCO2. The predicted octanol–water partition coefficient (Wildman–Crippen LogP) is 3.59. The van der Waals surface area contributed by atoms with Crippen molar-refractivity contribution in [1.82, 2.24) is 9.29 Å². The highest BCUT2D eigenvalue weighted by atomic mass is 35.5. The van der Waals surface area contributed by atoms with Crippen LogP contribution in [0.5, 0.6) is 11.5 Å². The van der Waals surface area contributed by atoms with Gasteiger partial charge in [0.25, 0.3) is 0 Å². The first-order valence-corrected chi connectivity index (χ1v) is 10.3. The molecule has 0 radical (unpaired) electrons. The molecule has 3 aromatic rings. The summed E-state index contributed by atoms with van der Waals surface area (Å²) < 4.78 is 43.5. The lowest BCUT2D eigenvalue weighted by atomic mass is 10.2. The van der Waals surface area contributed by atoms with E-state index in [-0.39, 0.29) is 17.3 Å². The third kappa shape index (κ3) is 3.71. The van der Waals surface area contributed by atoms with Gasteiger partial charge in [-0.25, -0.2) is 13.4 Å². The number of hydrogen-bond donors (Lipinski definition) is 0. The van der Waals surface area contributed by atoms with Gasteiger partial charge in [0.15, 0.2) is 17.3 Å². The van der Waals surface area contributed by atoms with E-state index in [0.29, 0.717) is 35.5 Å². The molecule has 9 heteroatoms. The Hall–Kier alpha value is -2.55. The van der Waals surface area contributed by atoms with Crippen LogP contribution >= 0.6 is 11.6 Å². The highest BCUT2D eigenvalue weighted by Gasteiger charge is 2.25. The average Bonchev–Trinajstić information content (AvgIpc) is 3.16. The smallest absolute Gasteiger partial charge is 0.243 e. The summed E-state index contributed by atoms with van der Waals surface area (Å²) in [5.74, 6) is 1.78. The molecular weight excluding hydrogens is 404 g/mol. The second-order valence-corrected chi connectivity index (χ2v) is 8.67. The Morgan fingerprint density at radius 2 is 1.79 bits per heavy atom. The summed E-state index contributed by atoms with van der Waals surface area (Å²) >= 11 is 5.89. The van der Waals surface area contributed by atoms with E-state index in [4.69, 9.17) is 25.5 Å². The lowest BCUT2D eigenvalue weighted by Gasteiger charge is -2.20. The zero-order chi connectivity index (χ0) is 19.7. The van der Waals surface area contributed by atoms with E-state index >= 15 is 0 Å². The van der Waals surface area contributed by atoms with Crippen molar-refractivity contribution in [1.29, 1.82) is 0 Å². The van der Waals surface area contributed by atoms with E-state index in [1.165, 1.54) is 23.5 Å². The lowest BCUT2D eigenvalue weighted by Crippen LogP contribution is -2.27. The van der Waals surface area contributed by atoms with E-state index in [9.17, 15) is 8.42 Å². The summed E-state index contributed by atoms with van der Waals surface area (Å²) in [6, 6.07) is 11.7. The van der Waals surface area contributed by atoms with Crippen molar-refractivity contribution in [3.63, 3.8) is 0 Å². The molecule has 0 atom stereocenters. The Labute approximate surface area is 167 Å². The van der Waals surface area contributed by atoms with Crippen LogP contribution in [0.4, 0.5) is 0 Å². The molecule has 146 valence electrons. The van der Waals surface area contributed by atoms with Crippen molar-refractivity contribution in [3.05, 3.63) is 59.6 Å². The first-order valence-electron chi connectivity index (χ1n) is 8.50. The maximum Gasteiger partial charge on any atom is 0.243 e. The maximum atomic E-state index is 12.9.